The van der Waals surface area contributed by atoms with E-state index in [4.69, 9.17) is 0 Å². The van der Waals surface area contributed by atoms with Crippen LogP contribution in [0.1, 0.15) is 16.7 Å². The first-order chi connectivity index (χ1) is 9.84. The van der Waals surface area contributed by atoms with Gasteiger partial charge in [0.05, 0.1) is 11.7 Å². The Kier molecular flexibility index (Phi) is 5.00. The van der Waals surface area contributed by atoms with Gasteiger partial charge in [-0.1, -0.05) is 18.2 Å². The summed E-state index contributed by atoms with van der Waals surface area (Å²) >= 11 is 3.28. The fourth-order valence-corrected chi connectivity index (χ4v) is 2.47. The van der Waals surface area contributed by atoms with E-state index in [0.717, 1.165) is 22.2 Å². The van der Waals surface area contributed by atoms with Crippen LogP contribution in [0.3, 0.4) is 0 Å². The number of benzene rings is 1. The predicted molar refractivity (Wildman–Crippen MR) is 76.8 cm³/mol. The third-order valence-electron chi connectivity index (χ3n) is 2.96. The molecule has 6 heteroatoms. The molecule has 1 unspecified atom stereocenters. The van der Waals surface area contributed by atoms with Crippen molar-refractivity contribution >= 4 is 15.9 Å². The fourth-order valence-electron chi connectivity index (χ4n) is 2.06. The Hall–Kier alpha value is -1.40. The van der Waals surface area contributed by atoms with E-state index in [0.29, 0.717) is 12.0 Å². The minimum atomic E-state index is -4.37. The van der Waals surface area contributed by atoms with Gasteiger partial charge in [-0.3, -0.25) is 4.98 Å². The van der Waals surface area contributed by atoms with Crippen molar-refractivity contribution in [3.63, 3.8) is 0 Å². The minimum Gasteiger partial charge on any atom is -0.392 e. The molecule has 0 fully saturated rings. The van der Waals surface area contributed by atoms with E-state index in [1.165, 1.54) is 6.07 Å². The van der Waals surface area contributed by atoms with Crippen molar-refractivity contribution in [2.24, 2.45) is 0 Å². The summed E-state index contributed by atoms with van der Waals surface area (Å²) in [6.07, 6.45) is -1.37. The van der Waals surface area contributed by atoms with Crippen molar-refractivity contribution < 1.29 is 18.3 Å². The number of hydrogen-bond donors (Lipinski definition) is 1. The van der Waals surface area contributed by atoms with Gasteiger partial charge < -0.3 is 5.11 Å². The summed E-state index contributed by atoms with van der Waals surface area (Å²) in [4.78, 5) is 3.98. The van der Waals surface area contributed by atoms with Gasteiger partial charge in [0.2, 0.25) is 0 Å². The van der Waals surface area contributed by atoms with Crippen LogP contribution in [-0.2, 0) is 19.0 Å². The molecule has 0 saturated heterocycles. The van der Waals surface area contributed by atoms with Crippen LogP contribution in [0.25, 0.3) is 0 Å². The molecule has 0 saturated carbocycles. The topological polar surface area (TPSA) is 33.1 Å². The number of pyridine rings is 1. The van der Waals surface area contributed by atoms with Crippen LogP contribution in [0.4, 0.5) is 13.2 Å². The summed E-state index contributed by atoms with van der Waals surface area (Å²) in [5, 5.41) is 10.0. The molecule has 1 aromatic carbocycles. The molecule has 1 atom stereocenters. The van der Waals surface area contributed by atoms with Gasteiger partial charge in [0.15, 0.2) is 0 Å². The first kappa shape index (κ1) is 16.0. The number of hydrogen-bond acceptors (Lipinski definition) is 2. The predicted octanol–water partition coefficient (Wildman–Crippen LogP) is 4.01. The third-order valence-corrected chi connectivity index (χ3v) is 3.39. The highest BCUT2D eigenvalue weighted by Gasteiger charge is 2.30. The number of aliphatic hydroxyl groups is 1. The van der Waals surface area contributed by atoms with Crippen LogP contribution in [0.5, 0.6) is 0 Å². The van der Waals surface area contributed by atoms with E-state index in [-0.39, 0.29) is 6.42 Å². The van der Waals surface area contributed by atoms with Crippen LogP contribution in [0.2, 0.25) is 0 Å². The molecule has 0 amide bonds. The standard InChI is InChI=1S/C15H13BrF3NO/c16-13-5-11(8-20-9-13)7-14(21)6-10-2-1-3-12(4-10)15(17,18)19/h1-5,8-9,14,21H,6-7H2. The summed E-state index contributed by atoms with van der Waals surface area (Å²) in [5.74, 6) is 0. The number of nitrogens with zero attached hydrogens (tertiary/aromatic N) is 1. The lowest BCUT2D eigenvalue weighted by Gasteiger charge is -2.13. The van der Waals surface area contributed by atoms with Crippen molar-refractivity contribution in [2.45, 2.75) is 25.1 Å². The zero-order valence-corrected chi connectivity index (χ0v) is 12.5. The Morgan fingerprint density at radius 1 is 1.10 bits per heavy atom. The highest BCUT2D eigenvalue weighted by Crippen LogP contribution is 2.29. The Morgan fingerprint density at radius 3 is 2.48 bits per heavy atom. The molecule has 0 radical (unpaired) electrons. The Labute approximate surface area is 128 Å². The number of rotatable bonds is 4. The smallest absolute Gasteiger partial charge is 0.392 e. The van der Waals surface area contributed by atoms with Crippen molar-refractivity contribution in [1.82, 2.24) is 4.98 Å². The maximum atomic E-state index is 12.6. The van der Waals surface area contributed by atoms with Crippen LogP contribution < -0.4 is 0 Å². The molecule has 112 valence electrons. The molecular formula is C15H13BrF3NO. The van der Waals surface area contributed by atoms with Gasteiger partial charge in [-0.15, -0.1) is 0 Å². The Balaban J connectivity index is 2.04. The lowest BCUT2D eigenvalue weighted by Crippen LogP contribution is -2.15. The average molecular weight is 360 g/mol. The summed E-state index contributed by atoms with van der Waals surface area (Å²) in [7, 11) is 0. The second-order valence-electron chi connectivity index (χ2n) is 4.77. The highest BCUT2D eigenvalue weighted by atomic mass is 79.9. The second-order valence-corrected chi connectivity index (χ2v) is 5.69. The minimum absolute atomic E-state index is 0.163. The second kappa shape index (κ2) is 6.58. The van der Waals surface area contributed by atoms with Gasteiger partial charge in [0.1, 0.15) is 0 Å². The molecule has 0 aliphatic carbocycles. The van der Waals surface area contributed by atoms with Crippen molar-refractivity contribution in [3.8, 4) is 0 Å². The zero-order valence-electron chi connectivity index (χ0n) is 10.9. The lowest BCUT2D eigenvalue weighted by molar-refractivity contribution is -0.137. The highest BCUT2D eigenvalue weighted by molar-refractivity contribution is 9.10. The molecule has 21 heavy (non-hydrogen) atoms. The third kappa shape index (κ3) is 4.82. The molecule has 2 rings (SSSR count). The van der Waals surface area contributed by atoms with Gasteiger partial charge in [-0.05, 0) is 45.6 Å². The normalized spacial score (nSPS) is 13.2. The number of alkyl halides is 3. The van der Waals surface area contributed by atoms with Crippen molar-refractivity contribution in [3.05, 3.63) is 63.9 Å². The van der Waals surface area contributed by atoms with E-state index in [2.05, 4.69) is 20.9 Å². The summed E-state index contributed by atoms with van der Waals surface area (Å²) in [5.41, 5.74) is 0.584. The van der Waals surface area contributed by atoms with Crippen LogP contribution in [0.15, 0.2) is 47.2 Å². The largest absolute Gasteiger partial charge is 0.416 e. The van der Waals surface area contributed by atoms with Gasteiger partial charge in [-0.2, -0.15) is 13.2 Å². The van der Waals surface area contributed by atoms with E-state index < -0.39 is 17.8 Å². The van der Waals surface area contributed by atoms with E-state index in [1.807, 2.05) is 6.07 Å². The summed E-state index contributed by atoms with van der Waals surface area (Å²) in [6, 6.07) is 6.85. The lowest BCUT2D eigenvalue weighted by atomic mass is 10.0. The van der Waals surface area contributed by atoms with E-state index >= 15 is 0 Å². The number of aliphatic hydroxyl groups excluding tert-OH is 1. The van der Waals surface area contributed by atoms with E-state index in [1.54, 1.807) is 18.5 Å². The van der Waals surface area contributed by atoms with Crippen molar-refractivity contribution in [2.75, 3.05) is 0 Å². The molecule has 0 spiro atoms. The van der Waals surface area contributed by atoms with Crippen LogP contribution in [0, 0.1) is 0 Å². The summed E-state index contributed by atoms with van der Waals surface area (Å²) < 4.78 is 38.7. The first-order valence-corrected chi connectivity index (χ1v) is 7.07. The number of halogens is 4. The van der Waals surface area contributed by atoms with Gasteiger partial charge >= 0.3 is 6.18 Å². The first-order valence-electron chi connectivity index (χ1n) is 6.28. The molecule has 1 heterocycles. The molecule has 2 nitrogen and oxygen atoms in total. The van der Waals surface area contributed by atoms with Crippen molar-refractivity contribution in [1.29, 1.82) is 0 Å². The van der Waals surface area contributed by atoms with Crippen LogP contribution >= 0.6 is 15.9 Å². The van der Waals surface area contributed by atoms with Gasteiger partial charge in [0, 0.05) is 23.3 Å². The monoisotopic (exact) mass is 359 g/mol. The van der Waals surface area contributed by atoms with Gasteiger partial charge in [0.25, 0.3) is 0 Å². The average Bonchev–Trinajstić information content (AvgIpc) is 2.37. The molecule has 1 N–H and O–H groups in total. The SMILES string of the molecule is OC(Cc1cncc(Br)c1)Cc1cccc(C(F)(F)F)c1. The maximum Gasteiger partial charge on any atom is 0.416 e. The molecule has 0 aliphatic rings. The number of aromatic nitrogens is 1. The summed E-state index contributed by atoms with van der Waals surface area (Å²) in [6.45, 7) is 0. The Bertz CT molecular complexity index is 616. The maximum absolute atomic E-state index is 12.6. The molecule has 1 aromatic heterocycles. The quantitative estimate of drug-likeness (QED) is 0.894. The Morgan fingerprint density at radius 2 is 1.81 bits per heavy atom. The zero-order chi connectivity index (χ0) is 15.5. The molecule has 0 aliphatic heterocycles. The molecular weight excluding hydrogens is 347 g/mol. The van der Waals surface area contributed by atoms with E-state index in [9.17, 15) is 18.3 Å². The van der Waals surface area contributed by atoms with Gasteiger partial charge in [-0.25, -0.2) is 0 Å². The molecule has 0 bridgehead atoms. The van der Waals surface area contributed by atoms with Crippen LogP contribution in [-0.4, -0.2) is 16.2 Å². The fraction of sp³-hybridized carbons (Fsp3) is 0.267. The molecule has 2 aromatic rings.